The number of ether oxygens (including phenoxy) is 1. The van der Waals surface area contributed by atoms with E-state index in [2.05, 4.69) is 42.7 Å². The third-order valence-corrected chi connectivity index (χ3v) is 3.93. The first-order valence-electron chi connectivity index (χ1n) is 8.29. The van der Waals surface area contributed by atoms with E-state index < -0.39 is 0 Å². The highest BCUT2D eigenvalue weighted by Crippen LogP contribution is 2.16. The Kier molecular flexibility index (Phi) is 6.67. The molecule has 2 rings (SSSR count). The van der Waals surface area contributed by atoms with E-state index in [1.165, 1.54) is 11.1 Å². The molecule has 4 nitrogen and oxygen atoms in total. The predicted octanol–water partition coefficient (Wildman–Crippen LogP) is 3.47. The number of nitrogens with one attached hydrogen (secondary N) is 2. The summed E-state index contributed by atoms with van der Waals surface area (Å²) in [5, 5.41) is 6.29. The van der Waals surface area contributed by atoms with Crippen LogP contribution in [0.1, 0.15) is 23.1 Å². The zero-order valence-corrected chi connectivity index (χ0v) is 14.7. The van der Waals surface area contributed by atoms with Crippen LogP contribution in [0.2, 0.25) is 0 Å². The van der Waals surface area contributed by atoms with Crippen LogP contribution in [0, 0.1) is 13.8 Å². The topological polar surface area (TPSA) is 50.4 Å². The molecule has 0 bridgehead atoms. The highest BCUT2D eigenvalue weighted by atomic mass is 16.5. The molecule has 2 aromatic rings. The van der Waals surface area contributed by atoms with E-state index in [9.17, 15) is 4.79 Å². The third kappa shape index (κ3) is 5.61. The van der Waals surface area contributed by atoms with Crippen molar-refractivity contribution in [2.75, 3.05) is 25.5 Å². The van der Waals surface area contributed by atoms with E-state index in [1.807, 2.05) is 24.3 Å². The first-order chi connectivity index (χ1) is 11.6. The average molecular weight is 326 g/mol. The van der Waals surface area contributed by atoms with Gasteiger partial charge in [0.25, 0.3) is 0 Å². The van der Waals surface area contributed by atoms with Gasteiger partial charge in [-0.15, -0.1) is 0 Å². The molecule has 0 radical (unpaired) electrons. The molecule has 0 aliphatic carbocycles. The average Bonchev–Trinajstić information content (AvgIpc) is 2.58. The van der Waals surface area contributed by atoms with Gasteiger partial charge >= 0.3 is 0 Å². The molecule has 24 heavy (non-hydrogen) atoms. The fourth-order valence-corrected chi connectivity index (χ4v) is 2.50. The Labute approximate surface area is 144 Å². The van der Waals surface area contributed by atoms with E-state index in [0.29, 0.717) is 19.5 Å². The number of carbonyl (C=O) groups is 1. The molecule has 0 atom stereocenters. The summed E-state index contributed by atoms with van der Waals surface area (Å²) in [6.07, 6.45) is 1.26. The van der Waals surface area contributed by atoms with Crippen molar-refractivity contribution < 1.29 is 9.53 Å². The normalized spacial score (nSPS) is 10.3. The highest BCUT2D eigenvalue weighted by Gasteiger charge is 2.03. The van der Waals surface area contributed by atoms with Crippen molar-refractivity contribution in [1.29, 1.82) is 0 Å². The van der Waals surface area contributed by atoms with E-state index >= 15 is 0 Å². The van der Waals surface area contributed by atoms with Crippen LogP contribution in [0.3, 0.4) is 0 Å². The quantitative estimate of drug-likeness (QED) is 0.781. The fourth-order valence-electron chi connectivity index (χ4n) is 2.50. The Morgan fingerprint density at radius 3 is 2.71 bits per heavy atom. The molecular weight excluding hydrogens is 300 g/mol. The summed E-state index contributed by atoms with van der Waals surface area (Å²) >= 11 is 0. The lowest BCUT2D eigenvalue weighted by molar-refractivity contribution is -0.120. The number of carbonyl (C=O) groups excluding carboxylic acids is 1. The molecule has 0 fully saturated rings. The molecule has 2 N–H and O–H groups in total. The smallest absolute Gasteiger partial charge is 0.221 e. The van der Waals surface area contributed by atoms with Gasteiger partial charge in [0.05, 0.1) is 7.11 Å². The second kappa shape index (κ2) is 8.96. The SMILES string of the molecule is COc1cccc(CCNC(=O)CCNc2cc(C)ccc2C)c1. The molecule has 0 spiro atoms. The lowest BCUT2D eigenvalue weighted by atomic mass is 10.1. The van der Waals surface area contributed by atoms with Crippen LogP contribution in [0.15, 0.2) is 42.5 Å². The third-order valence-electron chi connectivity index (χ3n) is 3.93. The standard InChI is InChI=1S/C20H26N2O2/c1-15-7-8-16(2)19(13-15)21-12-10-20(23)22-11-9-17-5-4-6-18(14-17)24-3/h4-8,13-14,21H,9-12H2,1-3H3,(H,22,23). The van der Waals surface area contributed by atoms with Crippen molar-refractivity contribution in [2.24, 2.45) is 0 Å². The maximum absolute atomic E-state index is 11.9. The maximum Gasteiger partial charge on any atom is 0.221 e. The van der Waals surface area contributed by atoms with E-state index in [-0.39, 0.29) is 5.91 Å². The van der Waals surface area contributed by atoms with Crippen LogP contribution in [0.25, 0.3) is 0 Å². The number of rotatable bonds is 8. The van der Waals surface area contributed by atoms with E-state index in [1.54, 1.807) is 7.11 Å². The maximum atomic E-state index is 11.9. The minimum absolute atomic E-state index is 0.0655. The number of hydrogen-bond donors (Lipinski definition) is 2. The van der Waals surface area contributed by atoms with Gasteiger partial charge in [-0.1, -0.05) is 24.3 Å². The largest absolute Gasteiger partial charge is 0.497 e. The van der Waals surface area contributed by atoms with Crippen LogP contribution in [0.5, 0.6) is 5.75 Å². The Balaban J connectivity index is 1.69. The highest BCUT2D eigenvalue weighted by molar-refractivity contribution is 5.76. The summed E-state index contributed by atoms with van der Waals surface area (Å²) in [7, 11) is 1.66. The molecule has 2 aromatic carbocycles. The van der Waals surface area contributed by atoms with Gasteiger partial charge in [0.2, 0.25) is 5.91 Å². The van der Waals surface area contributed by atoms with Gasteiger partial charge in [-0.25, -0.2) is 0 Å². The Bertz CT molecular complexity index is 683. The summed E-state index contributed by atoms with van der Waals surface area (Å²) < 4.78 is 5.20. The fraction of sp³-hybridized carbons (Fsp3) is 0.350. The van der Waals surface area contributed by atoms with Gasteiger partial charge < -0.3 is 15.4 Å². The number of anilines is 1. The second-order valence-electron chi connectivity index (χ2n) is 5.95. The van der Waals surface area contributed by atoms with E-state index in [4.69, 9.17) is 4.74 Å². The van der Waals surface area contributed by atoms with E-state index in [0.717, 1.165) is 23.4 Å². The van der Waals surface area contributed by atoms with Crippen LogP contribution >= 0.6 is 0 Å². The minimum atomic E-state index is 0.0655. The Morgan fingerprint density at radius 1 is 1.08 bits per heavy atom. The van der Waals surface area contributed by atoms with Crippen molar-refractivity contribution in [3.8, 4) is 5.75 Å². The monoisotopic (exact) mass is 326 g/mol. The van der Waals surface area contributed by atoms with Gasteiger partial charge in [0, 0.05) is 25.2 Å². The molecule has 0 saturated heterocycles. The zero-order valence-electron chi connectivity index (χ0n) is 14.7. The summed E-state index contributed by atoms with van der Waals surface area (Å²) in [4.78, 5) is 11.9. The summed E-state index contributed by atoms with van der Waals surface area (Å²) in [6.45, 7) is 5.40. The molecule has 128 valence electrons. The molecule has 1 amide bonds. The van der Waals surface area contributed by atoms with Crippen molar-refractivity contribution in [3.63, 3.8) is 0 Å². The molecule has 0 aromatic heterocycles. The second-order valence-corrected chi connectivity index (χ2v) is 5.95. The van der Waals surface area contributed by atoms with Crippen LogP contribution in [-0.4, -0.2) is 26.1 Å². The molecule has 4 heteroatoms. The lowest BCUT2D eigenvalue weighted by Gasteiger charge is -2.11. The number of methoxy groups -OCH3 is 1. The molecule has 0 aliphatic rings. The van der Waals surface area contributed by atoms with Gasteiger partial charge in [0.15, 0.2) is 0 Å². The number of aryl methyl sites for hydroxylation is 2. The predicted molar refractivity (Wildman–Crippen MR) is 98.7 cm³/mol. The molecule has 0 saturated carbocycles. The number of hydrogen-bond acceptors (Lipinski definition) is 3. The molecule has 0 unspecified atom stereocenters. The minimum Gasteiger partial charge on any atom is -0.497 e. The van der Waals surface area contributed by atoms with Crippen molar-refractivity contribution in [1.82, 2.24) is 5.32 Å². The van der Waals surface area contributed by atoms with Crippen LogP contribution in [-0.2, 0) is 11.2 Å². The van der Waals surface area contributed by atoms with Crippen LogP contribution < -0.4 is 15.4 Å². The molecular formula is C20H26N2O2. The van der Waals surface area contributed by atoms with Crippen molar-refractivity contribution in [2.45, 2.75) is 26.7 Å². The van der Waals surface area contributed by atoms with Gasteiger partial charge in [-0.3, -0.25) is 4.79 Å². The summed E-state index contributed by atoms with van der Waals surface area (Å²) in [6, 6.07) is 14.2. The van der Waals surface area contributed by atoms with Crippen LogP contribution in [0.4, 0.5) is 5.69 Å². The van der Waals surface area contributed by atoms with Gasteiger partial charge in [-0.05, 0) is 55.2 Å². The summed E-state index contributed by atoms with van der Waals surface area (Å²) in [5.74, 6) is 0.909. The number of benzene rings is 2. The van der Waals surface area contributed by atoms with Crippen molar-refractivity contribution >= 4 is 11.6 Å². The molecule has 0 aliphatic heterocycles. The van der Waals surface area contributed by atoms with Gasteiger partial charge in [0.1, 0.15) is 5.75 Å². The first kappa shape index (κ1) is 17.9. The summed E-state index contributed by atoms with van der Waals surface area (Å²) in [5.41, 5.74) is 4.66. The zero-order chi connectivity index (χ0) is 17.4. The Morgan fingerprint density at radius 2 is 1.92 bits per heavy atom. The van der Waals surface area contributed by atoms with Crippen molar-refractivity contribution in [3.05, 3.63) is 59.2 Å². The lowest BCUT2D eigenvalue weighted by Crippen LogP contribution is -2.27. The van der Waals surface area contributed by atoms with Gasteiger partial charge in [-0.2, -0.15) is 0 Å². The number of amides is 1. The first-order valence-corrected chi connectivity index (χ1v) is 8.29. The molecule has 0 heterocycles. The Hall–Kier alpha value is -2.49.